The highest BCUT2D eigenvalue weighted by Crippen LogP contribution is 2.17. The molecule has 3 N–H and O–H groups in total. The number of likely N-dealkylation sites (tertiary alicyclic amines) is 1. The van der Waals surface area contributed by atoms with E-state index in [1.807, 2.05) is 0 Å². The van der Waals surface area contributed by atoms with Gasteiger partial charge in [0.2, 0.25) is 17.7 Å². The fourth-order valence-corrected chi connectivity index (χ4v) is 3.08. The first-order chi connectivity index (χ1) is 12.4. The van der Waals surface area contributed by atoms with E-state index in [1.165, 1.54) is 4.90 Å². The van der Waals surface area contributed by atoms with Gasteiger partial charge in [-0.2, -0.15) is 5.10 Å². The predicted octanol–water partition coefficient (Wildman–Crippen LogP) is -0.784. The number of nitrogens with zero attached hydrogens (tertiary/aromatic N) is 4. The van der Waals surface area contributed by atoms with Crippen LogP contribution in [0.1, 0.15) is 25.8 Å². The molecule has 1 saturated heterocycles. The fraction of sp³-hybridized carbons (Fsp3) is 0.647. The van der Waals surface area contributed by atoms with Gasteiger partial charge in [0, 0.05) is 45.6 Å². The van der Waals surface area contributed by atoms with Crippen LogP contribution in [0.25, 0.3) is 0 Å². The first kappa shape index (κ1) is 19.9. The van der Waals surface area contributed by atoms with Crippen molar-refractivity contribution in [2.75, 3.05) is 39.8 Å². The van der Waals surface area contributed by atoms with Crippen molar-refractivity contribution in [1.29, 1.82) is 0 Å². The number of hydrogen-bond donors (Lipinski definition) is 2. The van der Waals surface area contributed by atoms with Gasteiger partial charge < -0.3 is 20.9 Å². The van der Waals surface area contributed by atoms with Crippen LogP contribution < -0.4 is 11.1 Å². The zero-order chi connectivity index (χ0) is 19.1. The smallest absolute Gasteiger partial charge is 0.247 e. The SMILES string of the molecule is CC(C(=O)N(C)CC(=O)N1CCCC(C(=O)NCCN)C1)n1cccn1. The Labute approximate surface area is 153 Å². The van der Waals surface area contributed by atoms with Gasteiger partial charge in [-0.3, -0.25) is 19.1 Å². The summed E-state index contributed by atoms with van der Waals surface area (Å²) in [7, 11) is 1.61. The highest BCUT2D eigenvalue weighted by Gasteiger charge is 2.29. The predicted molar refractivity (Wildman–Crippen MR) is 95.9 cm³/mol. The van der Waals surface area contributed by atoms with E-state index >= 15 is 0 Å². The number of piperidine rings is 1. The van der Waals surface area contributed by atoms with E-state index < -0.39 is 6.04 Å². The average Bonchev–Trinajstić information content (AvgIpc) is 3.19. The Morgan fingerprint density at radius 1 is 1.42 bits per heavy atom. The highest BCUT2D eigenvalue weighted by atomic mass is 16.2. The van der Waals surface area contributed by atoms with Gasteiger partial charge in [0.15, 0.2) is 0 Å². The van der Waals surface area contributed by atoms with E-state index in [0.29, 0.717) is 26.2 Å². The number of aromatic nitrogens is 2. The summed E-state index contributed by atoms with van der Waals surface area (Å²) in [5.41, 5.74) is 5.40. The van der Waals surface area contributed by atoms with Crippen molar-refractivity contribution in [2.24, 2.45) is 11.7 Å². The maximum absolute atomic E-state index is 12.6. The third-order valence-electron chi connectivity index (χ3n) is 4.62. The number of nitrogens with one attached hydrogen (secondary N) is 1. The zero-order valence-corrected chi connectivity index (χ0v) is 15.4. The Morgan fingerprint density at radius 2 is 2.19 bits per heavy atom. The number of nitrogens with two attached hydrogens (primary N) is 1. The van der Waals surface area contributed by atoms with Crippen LogP contribution in [0.2, 0.25) is 0 Å². The minimum atomic E-state index is -0.473. The lowest BCUT2D eigenvalue weighted by Gasteiger charge is -2.33. The Kier molecular flexibility index (Phi) is 7.14. The highest BCUT2D eigenvalue weighted by molar-refractivity contribution is 5.87. The first-order valence-electron chi connectivity index (χ1n) is 8.93. The van der Waals surface area contributed by atoms with Gasteiger partial charge >= 0.3 is 0 Å². The number of amides is 3. The van der Waals surface area contributed by atoms with Crippen LogP contribution in [0.15, 0.2) is 18.5 Å². The molecule has 1 aliphatic heterocycles. The van der Waals surface area contributed by atoms with Crippen molar-refractivity contribution in [2.45, 2.75) is 25.8 Å². The molecule has 2 heterocycles. The van der Waals surface area contributed by atoms with Crippen LogP contribution in [-0.2, 0) is 14.4 Å². The van der Waals surface area contributed by atoms with E-state index in [-0.39, 0.29) is 30.2 Å². The van der Waals surface area contributed by atoms with E-state index in [9.17, 15) is 14.4 Å². The Hall–Kier alpha value is -2.42. The second-order valence-electron chi connectivity index (χ2n) is 6.61. The standard InChI is InChI=1S/C17H28N6O3/c1-13(23-10-4-7-20-23)17(26)21(2)12-15(24)22-9-3-5-14(11-22)16(25)19-8-6-18/h4,7,10,13-14H,3,5-6,8-9,11-12,18H2,1-2H3,(H,19,25). The van der Waals surface area contributed by atoms with Crippen molar-refractivity contribution in [1.82, 2.24) is 24.9 Å². The average molecular weight is 364 g/mol. The molecule has 9 heteroatoms. The molecule has 0 bridgehead atoms. The van der Waals surface area contributed by atoms with Gasteiger partial charge in [0.25, 0.3) is 0 Å². The zero-order valence-electron chi connectivity index (χ0n) is 15.4. The van der Waals surface area contributed by atoms with Gasteiger partial charge in [-0.1, -0.05) is 0 Å². The van der Waals surface area contributed by atoms with Gasteiger partial charge in [-0.25, -0.2) is 0 Å². The molecule has 0 saturated carbocycles. The van der Waals surface area contributed by atoms with Crippen LogP contribution in [0, 0.1) is 5.92 Å². The third-order valence-corrected chi connectivity index (χ3v) is 4.62. The van der Waals surface area contributed by atoms with Gasteiger partial charge in [0.05, 0.1) is 12.5 Å². The van der Waals surface area contributed by atoms with Crippen LogP contribution >= 0.6 is 0 Å². The summed E-state index contributed by atoms with van der Waals surface area (Å²) in [6.45, 7) is 3.55. The monoisotopic (exact) mass is 364 g/mol. The van der Waals surface area contributed by atoms with Gasteiger partial charge in [-0.05, 0) is 25.8 Å². The lowest BCUT2D eigenvalue weighted by Crippen LogP contribution is -2.49. The topological polar surface area (TPSA) is 114 Å². The molecule has 0 spiro atoms. The summed E-state index contributed by atoms with van der Waals surface area (Å²) in [5, 5.41) is 6.84. The second-order valence-corrected chi connectivity index (χ2v) is 6.61. The molecule has 2 atom stereocenters. The van der Waals surface area contributed by atoms with E-state index in [1.54, 1.807) is 42.0 Å². The number of likely N-dealkylation sites (N-methyl/N-ethyl adjacent to an activating group) is 1. The molecular formula is C17H28N6O3. The number of carbonyl (C=O) groups excluding carboxylic acids is 3. The van der Waals surface area contributed by atoms with Crippen LogP contribution in [0.5, 0.6) is 0 Å². The van der Waals surface area contributed by atoms with Crippen LogP contribution in [0.3, 0.4) is 0 Å². The van der Waals surface area contributed by atoms with Crippen molar-refractivity contribution in [3.05, 3.63) is 18.5 Å². The molecule has 0 radical (unpaired) electrons. The Morgan fingerprint density at radius 3 is 2.85 bits per heavy atom. The maximum Gasteiger partial charge on any atom is 0.247 e. The molecule has 3 amide bonds. The number of hydrogen-bond acceptors (Lipinski definition) is 5. The quantitative estimate of drug-likeness (QED) is 0.659. The summed E-state index contributed by atoms with van der Waals surface area (Å²) in [4.78, 5) is 40.2. The molecule has 1 aromatic rings. The van der Waals surface area contributed by atoms with Crippen molar-refractivity contribution < 1.29 is 14.4 Å². The molecule has 2 unspecified atom stereocenters. The lowest BCUT2D eigenvalue weighted by atomic mass is 9.97. The minimum absolute atomic E-state index is 0.0123. The molecule has 9 nitrogen and oxygen atoms in total. The van der Waals surface area contributed by atoms with Gasteiger partial charge in [0.1, 0.15) is 6.04 Å². The molecular weight excluding hydrogens is 336 g/mol. The van der Waals surface area contributed by atoms with Crippen molar-refractivity contribution >= 4 is 17.7 Å². The summed E-state index contributed by atoms with van der Waals surface area (Å²) in [5.74, 6) is -0.617. The number of carbonyl (C=O) groups is 3. The molecule has 0 aromatic carbocycles. The summed E-state index contributed by atoms with van der Waals surface area (Å²) < 4.78 is 1.56. The third kappa shape index (κ3) is 5.04. The van der Waals surface area contributed by atoms with Crippen molar-refractivity contribution in [3.63, 3.8) is 0 Å². The summed E-state index contributed by atoms with van der Waals surface area (Å²) in [6, 6.07) is 1.28. The number of rotatable bonds is 7. The minimum Gasteiger partial charge on any atom is -0.355 e. The molecule has 0 aliphatic carbocycles. The van der Waals surface area contributed by atoms with Crippen LogP contribution in [-0.4, -0.2) is 77.1 Å². The van der Waals surface area contributed by atoms with Gasteiger partial charge in [-0.15, -0.1) is 0 Å². The molecule has 1 aliphatic rings. The molecule has 2 rings (SSSR count). The van der Waals surface area contributed by atoms with Crippen molar-refractivity contribution in [3.8, 4) is 0 Å². The summed E-state index contributed by atoms with van der Waals surface area (Å²) in [6.07, 6.45) is 4.85. The first-order valence-corrected chi connectivity index (χ1v) is 8.93. The fourth-order valence-electron chi connectivity index (χ4n) is 3.08. The van der Waals surface area contributed by atoms with Crippen LogP contribution in [0.4, 0.5) is 0 Å². The molecule has 1 fully saturated rings. The molecule has 144 valence electrons. The normalized spacial score (nSPS) is 18.3. The van der Waals surface area contributed by atoms with E-state index in [2.05, 4.69) is 10.4 Å². The second kappa shape index (κ2) is 9.33. The molecule has 26 heavy (non-hydrogen) atoms. The summed E-state index contributed by atoms with van der Waals surface area (Å²) >= 11 is 0. The Balaban J connectivity index is 1.87. The maximum atomic E-state index is 12.6. The van der Waals surface area contributed by atoms with E-state index in [0.717, 1.165) is 12.8 Å². The molecule has 1 aromatic heterocycles. The lowest BCUT2D eigenvalue weighted by molar-refractivity contribution is -0.143. The largest absolute Gasteiger partial charge is 0.355 e. The van der Waals surface area contributed by atoms with E-state index in [4.69, 9.17) is 5.73 Å². The Bertz CT molecular complexity index is 618.